The van der Waals surface area contributed by atoms with Crippen LogP contribution in [0.15, 0.2) is 0 Å². The van der Waals surface area contributed by atoms with Gasteiger partial charge in [-0.3, -0.25) is 5.32 Å². The lowest BCUT2D eigenvalue weighted by molar-refractivity contribution is -0.151. The molecule has 0 heterocycles. The summed E-state index contributed by atoms with van der Waals surface area (Å²) in [5.74, 6) is 0.240. The molecule has 1 rings (SSSR count). The number of hydrogen-bond donors (Lipinski definition) is 1. The molecule has 118 valence electrons. The van der Waals surface area contributed by atoms with Gasteiger partial charge in [0.1, 0.15) is 5.54 Å². The minimum Gasteiger partial charge on any atom is -0.468 e. The van der Waals surface area contributed by atoms with Crippen LogP contribution in [0, 0.1) is 5.92 Å². The summed E-state index contributed by atoms with van der Waals surface area (Å²) in [5.41, 5.74) is -0.579. The normalized spacial score (nSPS) is 18.4. The van der Waals surface area contributed by atoms with Gasteiger partial charge < -0.3 is 14.4 Å². The topological polar surface area (TPSA) is 50.8 Å². The van der Waals surface area contributed by atoms with Crippen LogP contribution in [0.5, 0.6) is 0 Å². The molecule has 1 unspecified atom stereocenters. The number of nitrogens with zero attached hydrogens (tertiary/aromatic N) is 1. The van der Waals surface area contributed by atoms with E-state index < -0.39 is 5.54 Å². The van der Waals surface area contributed by atoms with E-state index in [0.717, 1.165) is 26.0 Å². The number of carbonyl (C=O) groups excluding carboxylic acids is 1. The second-order valence-corrected chi connectivity index (χ2v) is 5.97. The standard InChI is InChI=1S/C15H30N2O3/c1-6-20-10-9-17(4)11-15(13-7-8-13,14(18)19-5)16-12(2)3/h12-13,16H,6-11H2,1-5H3. The second-order valence-electron chi connectivity index (χ2n) is 5.97. The molecule has 0 spiro atoms. The Hall–Kier alpha value is -0.650. The molecule has 0 bridgehead atoms. The predicted octanol–water partition coefficient (Wildman–Crippen LogP) is 1.27. The molecular formula is C15H30N2O3. The fourth-order valence-electron chi connectivity index (χ4n) is 2.73. The zero-order valence-corrected chi connectivity index (χ0v) is 13.6. The van der Waals surface area contributed by atoms with Crippen molar-refractivity contribution < 1.29 is 14.3 Å². The zero-order chi connectivity index (χ0) is 15.2. The lowest BCUT2D eigenvalue weighted by Gasteiger charge is -2.37. The molecular weight excluding hydrogens is 256 g/mol. The van der Waals surface area contributed by atoms with Gasteiger partial charge in [-0.2, -0.15) is 0 Å². The Labute approximate surface area is 123 Å². The Bertz CT molecular complexity index is 305. The summed E-state index contributed by atoms with van der Waals surface area (Å²) in [5, 5.41) is 3.47. The van der Waals surface area contributed by atoms with Gasteiger partial charge in [0.15, 0.2) is 0 Å². The second kappa shape index (κ2) is 7.96. The van der Waals surface area contributed by atoms with Gasteiger partial charge in [-0.05, 0) is 46.6 Å². The molecule has 5 nitrogen and oxygen atoms in total. The van der Waals surface area contributed by atoms with E-state index in [-0.39, 0.29) is 12.0 Å². The number of methoxy groups -OCH3 is 1. The van der Waals surface area contributed by atoms with Crippen molar-refractivity contribution in [2.45, 2.75) is 45.2 Å². The molecule has 0 aliphatic heterocycles. The molecule has 0 radical (unpaired) electrons. The van der Waals surface area contributed by atoms with Crippen molar-refractivity contribution in [2.24, 2.45) is 5.92 Å². The van der Waals surface area contributed by atoms with Crippen LogP contribution in [-0.4, -0.2) is 62.9 Å². The van der Waals surface area contributed by atoms with Crippen LogP contribution in [0.2, 0.25) is 0 Å². The highest BCUT2D eigenvalue weighted by Crippen LogP contribution is 2.41. The molecule has 20 heavy (non-hydrogen) atoms. The molecule has 0 saturated heterocycles. The predicted molar refractivity (Wildman–Crippen MR) is 79.7 cm³/mol. The molecule has 1 aliphatic carbocycles. The maximum absolute atomic E-state index is 12.4. The van der Waals surface area contributed by atoms with Crippen LogP contribution in [0.1, 0.15) is 33.6 Å². The van der Waals surface area contributed by atoms with E-state index in [9.17, 15) is 4.79 Å². The summed E-state index contributed by atoms with van der Waals surface area (Å²) in [6, 6.07) is 0.245. The van der Waals surface area contributed by atoms with Crippen molar-refractivity contribution >= 4 is 5.97 Å². The first-order chi connectivity index (χ1) is 9.46. The van der Waals surface area contributed by atoms with E-state index in [1.807, 2.05) is 14.0 Å². The SMILES string of the molecule is CCOCCN(C)CC(NC(C)C)(C(=O)OC)C1CC1. The molecule has 0 aromatic carbocycles. The van der Waals surface area contributed by atoms with Crippen molar-refractivity contribution in [2.75, 3.05) is 40.5 Å². The maximum atomic E-state index is 12.4. The summed E-state index contributed by atoms with van der Waals surface area (Å²) in [6.45, 7) is 9.03. The third-order valence-corrected chi connectivity index (χ3v) is 3.71. The minimum absolute atomic E-state index is 0.142. The Balaban J connectivity index is 2.72. The average Bonchev–Trinajstić information content (AvgIpc) is 3.21. The zero-order valence-electron chi connectivity index (χ0n) is 13.6. The van der Waals surface area contributed by atoms with E-state index in [0.29, 0.717) is 19.1 Å². The van der Waals surface area contributed by atoms with Gasteiger partial charge in [0, 0.05) is 25.7 Å². The summed E-state index contributed by atoms with van der Waals surface area (Å²) in [7, 11) is 3.50. The fraction of sp³-hybridized carbons (Fsp3) is 0.933. The molecule has 1 aliphatic rings. The first-order valence-corrected chi connectivity index (χ1v) is 7.58. The largest absolute Gasteiger partial charge is 0.468 e. The van der Waals surface area contributed by atoms with Gasteiger partial charge in [-0.1, -0.05) is 0 Å². The molecule has 0 aromatic heterocycles. The molecule has 1 N–H and O–H groups in total. The molecule has 1 saturated carbocycles. The van der Waals surface area contributed by atoms with Crippen LogP contribution in [0.4, 0.5) is 0 Å². The molecule has 5 heteroatoms. The van der Waals surface area contributed by atoms with Gasteiger partial charge in [-0.15, -0.1) is 0 Å². The number of esters is 1. The van der Waals surface area contributed by atoms with Gasteiger partial charge in [0.25, 0.3) is 0 Å². The van der Waals surface area contributed by atoms with Crippen LogP contribution in [0.25, 0.3) is 0 Å². The third-order valence-electron chi connectivity index (χ3n) is 3.71. The summed E-state index contributed by atoms with van der Waals surface area (Å²) < 4.78 is 10.5. The van der Waals surface area contributed by atoms with Crippen LogP contribution in [0.3, 0.4) is 0 Å². The Morgan fingerprint density at radius 1 is 1.45 bits per heavy atom. The van der Waals surface area contributed by atoms with E-state index in [1.54, 1.807) is 0 Å². The van der Waals surface area contributed by atoms with Crippen molar-refractivity contribution in [3.8, 4) is 0 Å². The molecule has 0 amide bonds. The Morgan fingerprint density at radius 3 is 2.55 bits per heavy atom. The van der Waals surface area contributed by atoms with Crippen molar-refractivity contribution in [3.63, 3.8) is 0 Å². The Morgan fingerprint density at radius 2 is 2.10 bits per heavy atom. The smallest absolute Gasteiger partial charge is 0.327 e. The van der Waals surface area contributed by atoms with Crippen LogP contribution in [-0.2, 0) is 14.3 Å². The number of rotatable bonds is 10. The average molecular weight is 286 g/mol. The third kappa shape index (κ3) is 4.72. The highest BCUT2D eigenvalue weighted by Gasteiger charge is 2.52. The number of carbonyl (C=O) groups is 1. The number of hydrogen-bond acceptors (Lipinski definition) is 5. The summed E-state index contributed by atoms with van der Waals surface area (Å²) in [4.78, 5) is 14.5. The van der Waals surface area contributed by atoms with Crippen molar-refractivity contribution in [1.29, 1.82) is 0 Å². The first kappa shape index (κ1) is 17.4. The highest BCUT2D eigenvalue weighted by molar-refractivity contribution is 5.82. The van der Waals surface area contributed by atoms with Crippen molar-refractivity contribution in [3.05, 3.63) is 0 Å². The van der Waals surface area contributed by atoms with E-state index in [4.69, 9.17) is 9.47 Å². The van der Waals surface area contributed by atoms with Crippen molar-refractivity contribution in [1.82, 2.24) is 10.2 Å². The first-order valence-electron chi connectivity index (χ1n) is 7.58. The van der Waals surface area contributed by atoms with E-state index in [2.05, 4.69) is 24.1 Å². The number of ether oxygens (including phenoxy) is 2. The number of likely N-dealkylation sites (N-methyl/N-ethyl adjacent to an activating group) is 1. The maximum Gasteiger partial charge on any atom is 0.327 e. The lowest BCUT2D eigenvalue weighted by atomic mass is 9.91. The van der Waals surface area contributed by atoms with E-state index in [1.165, 1.54) is 7.11 Å². The summed E-state index contributed by atoms with van der Waals surface area (Å²) >= 11 is 0. The quantitative estimate of drug-likeness (QED) is 0.484. The lowest BCUT2D eigenvalue weighted by Crippen LogP contribution is -2.62. The molecule has 1 fully saturated rings. The van der Waals surface area contributed by atoms with E-state index >= 15 is 0 Å². The molecule has 0 aromatic rings. The fourth-order valence-corrected chi connectivity index (χ4v) is 2.73. The van der Waals surface area contributed by atoms with Gasteiger partial charge in [0.2, 0.25) is 0 Å². The summed E-state index contributed by atoms with van der Waals surface area (Å²) in [6.07, 6.45) is 2.18. The minimum atomic E-state index is -0.579. The highest BCUT2D eigenvalue weighted by atomic mass is 16.5. The van der Waals surface area contributed by atoms with Gasteiger partial charge in [-0.25, -0.2) is 4.79 Å². The Kier molecular flexibility index (Phi) is 6.92. The van der Waals surface area contributed by atoms with Gasteiger partial charge in [0.05, 0.1) is 13.7 Å². The number of nitrogens with one attached hydrogen (secondary N) is 1. The molecule has 1 atom stereocenters. The van der Waals surface area contributed by atoms with Crippen LogP contribution < -0.4 is 5.32 Å². The monoisotopic (exact) mass is 286 g/mol. The van der Waals surface area contributed by atoms with Gasteiger partial charge >= 0.3 is 5.97 Å². The van der Waals surface area contributed by atoms with Crippen LogP contribution >= 0.6 is 0 Å².